The number of aliphatic imine (C=N–C) groups is 1. The number of guanidine groups is 1. The second kappa shape index (κ2) is 9.34. The van der Waals surface area contributed by atoms with Gasteiger partial charge in [0.1, 0.15) is 5.82 Å². The van der Waals surface area contributed by atoms with E-state index in [1.807, 2.05) is 41.3 Å². The zero-order chi connectivity index (χ0) is 23.8. The van der Waals surface area contributed by atoms with E-state index in [4.69, 9.17) is 27.4 Å². The topological polar surface area (TPSA) is 104 Å². The third-order valence-electron chi connectivity index (χ3n) is 6.28. The third-order valence-corrected chi connectivity index (χ3v) is 6.94. The number of fused-ring (bicyclic) bond motifs is 1. The highest BCUT2D eigenvalue weighted by atomic mass is 35.5. The number of benzene rings is 1. The second-order valence-corrected chi connectivity index (χ2v) is 9.57. The van der Waals surface area contributed by atoms with Gasteiger partial charge in [-0.2, -0.15) is 5.10 Å². The van der Waals surface area contributed by atoms with Crippen molar-refractivity contribution >= 4 is 52.6 Å². The van der Waals surface area contributed by atoms with Crippen LogP contribution in [-0.4, -0.2) is 57.3 Å². The molecule has 1 unspecified atom stereocenters. The number of hydrogen-bond acceptors (Lipinski definition) is 8. The van der Waals surface area contributed by atoms with Crippen LogP contribution >= 0.6 is 23.5 Å². The number of amides is 1. The first-order valence-corrected chi connectivity index (χ1v) is 12.9. The molecule has 178 valence electrons. The number of rotatable bonds is 5. The first kappa shape index (κ1) is 22.8. The van der Waals surface area contributed by atoms with Crippen LogP contribution < -0.4 is 15.4 Å². The molecular weight excluding hydrogens is 472 g/mol. The Kier molecular flexibility index (Phi) is 6.26. The van der Waals surface area contributed by atoms with Gasteiger partial charge in [0.25, 0.3) is 5.91 Å². The quantitative estimate of drug-likeness (QED) is 0.514. The van der Waals surface area contributed by atoms with Gasteiger partial charge < -0.3 is 15.4 Å². The fraction of sp³-hybridized carbons (Fsp3) is 0.391. The smallest absolute Gasteiger partial charge is 0.256 e. The highest BCUT2D eigenvalue weighted by molar-refractivity contribution is 7.99. The van der Waals surface area contributed by atoms with Gasteiger partial charge in [0.05, 0.1) is 29.5 Å². The summed E-state index contributed by atoms with van der Waals surface area (Å²) in [7, 11) is 0. The number of nitrogens with zero attached hydrogens (tertiary/aromatic N) is 6. The summed E-state index contributed by atoms with van der Waals surface area (Å²) >= 11 is 7.69. The number of aryl methyl sites for hydroxylation is 1. The molecule has 0 spiro atoms. The van der Waals surface area contributed by atoms with E-state index in [1.165, 1.54) is 11.9 Å². The van der Waals surface area contributed by atoms with E-state index in [0.717, 1.165) is 47.7 Å². The van der Waals surface area contributed by atoms with Crippen molar-refractivity contribution in [2.45, 2.75) is 32.2 Å². The number of nitrogens with two attached hydrogens (primary N) is 1. The number of nitrogens with one attached hydrogen (secondary N) is 1. The van der Waals surface area contributed by atoms with Crippen LogP contribution in [0.2, 0.25) is 5.02 Å². The van der Waals surface area contributed by atoms with E-state index < -0.39 is 0 Å². The van der Waals surface area contributed by atoms with Crippen molar-refractivity contribution in [3.8, 4) is 0 Å². The van der Waals surface area contributed by atoms with Crippen molar-refractivity contribution in [1.82, 2.24) is 19.5 Å². The summed E-state index contributed by atoms with van der Waals surface area (Å²) in [6.45, 7) is 4.04. The van der Waals surface area contributed by atoms with Crippen molar-refractivity contribution in [2.24, 2.45) is 10.7 Å². The molecule has 0 aliphatic carbocycles. The molecule has 11 heteroatoms. The van der Waals surface area contributed by atoms with Crippen LogP contribution in [0.4, 0.5) is 11.5 Å². The van der Waals surface area contributed by atoms with Crippen molar-refractivity contribution < 1.29 is 4.79 Å². The van der Waals surface area contributed by atoms with E-state index >= 15 is 0 Å². The third kappa shape index (κ3) is 4.16. The van der Waals surface area contributed by atoms with Crippen LogP contribution in [0.25, 0.3) is 5.65 Å². The Morgan fingerprint density at radius 2 is 2.12 bits per heavy atom. The van der Waals surface area contributed by atoms with E-state index in [0.29, 0.717) is 36.2 Å². The minimum atomic E-state index is -0.133. The van der Waals surface area contributed by atoms with E-state index in [9.17, 15) is 4.79 Å². The summed E-state index contributed by atoms with van der Waals surface area (Å²) in [6, 6.07) is 7.21. The van der Waals surface area contributed by atoms with Gasteiger partial charge >= 0.3 is 0 Å². The maximum atomic E-state index is 13.7. The number of aromatic nitrogens is 3. The van der Waals surface area contributed by atoms with Gasteiger partial charge in [0, 0.05) is 42.2 Å². The van der Waals surface area contributed by atoms with E-state index in [-0.39, 0.29) is 11.9 Å². The fourth-order valence-corrected chi connectivity index (χ4v) is 5.23. The molecule has 0 radical (unpaired) electrons. The zero-order valence-corrected chi connectivity index (χ0v) is 20.7. The van der Waals surface area contributed by atoms with Crippen molar-refractivity contribution in [2.75, 3.05) is 35.5 Å². The Morgan fingerprint density at radius 3 is 2.88 bits per heavy atom. The minimum Gasteiger partial charge on any atom is -0.369 e. The number of halogens is 1. The molecule has 1 fully saturated rings. The number of hydrogen-bond donors (Lipinski definition) is 2. The van der Waals surface area contributed by atoms with Gasteiger partial charge in [-0.05, 0) is 44.4 Å². The van der Waals surface area contributed by atoms with Crippen LogP contribution in [0, 0.1) is 6.92 Å². The molecule has 5 rings (SSSR count). The lowest BCUT2D eigenvalue weighted by Gasteiger charge is -2.35. The Labute approximate surface area is 207 Å². The highest BCUT2D eigenvalue weighted by Crippen LogP contribution is 2.34. The summed E-state index contributed by atoms with van der Waals surface area (Å²) in [4.78, 5) is 26.7. The molecule has 2 aliphatic rings. The van der Waals surface area contributed by atoms with E-state index in [2.05, 4.69) is 9.71 Å². The molecule has 0 saturated carbocycles. The number of piperidine rings is 1. The first-order chi connectivity index (χ1) is 16.5. The largest absolute Gasteiger partial charge is 0.369 e. The lowest BCUT2D eigenvalue weighted by atomic mass is 9.98. The number of anilines is 2. The standard InChI is InChI=1S/C23H27ClN8OS/c1-14-13-32-20(27-21(14)31-10-8-26-23(31)25)12-18(28-32)19-5-3-4-9-30(19)22(33)16-11-15(24)6-7-17(16)29-34-2/h6-7,11-13,19,29H,3-5,8-10H2,1-2H3,(H2,25,26). The average molecular weight is 499 g/mol. The van der Waals surface area contributed by atoms with Gasteiger partial charge in [0.15, 0.2) is 11.6 Å². The number of carbonyl (C=O) groups excluding carboxylic acids is 1. The average Bonchev–Trinajstić information content (AvgIpc) is 3.44. The monoisotopic (exact) mass is 498 g/mol. The van der Waals surface area contributed by atoms with Crippen molar-refractivity contribution in [1.29, 1.82) is 0 Å². The SMILES string of the molecule is CSNc1ccc(Cl)cc1C(=O)N1CCCCC1c1cc2nc(N3CCN=C3N)c(C)cn2n1. The molecule has 3 N–H and O–H groups in total. The molecule has 3 aromatic rings. The predicted octanol–water partition coefficient (Wildman–Crippen LogP) is 3.88. The molecule has 2 aromatic heterocycles. The van der Waals surface area contributed by atoms with Gasteiger partial charge in [-0.3, -0.25) is 14.7 Å². The molecule has 34 heavy (non-hydrogen) atoms. The Bertz CT molecular complexity index is 1280. The summed E-state index contributed by atoms with van der Waals surface area (Å²) in [5, 5.41) is 5.36. The van der Waals surface area contributed by atoms with Gasteiger partial charge in [0.2, 0.25) is 0 Å². The Balaban J connectivity index is 1.50. The number of carbonyl (C=O) groups is 1. The maximum Gasteiger partial charge on any atom is 0.256 e. The minimum absolute atomic E-state index is 0.0494. The number of likely N-dealkylation sites (tertiary alicyclic amines) is 1. The summed E-state index contributed by atoms with van der Waals surface area (Å²) in [5.74, 6) is 1.23. The Morgan fingerprint density at radius 1 is 1.26 bits per heavy atom. The van der Waals surface area contributed by atoms with Crippen molar-refractivity contribution in [3.63, 3.8) is 0 Å². The second-order valence-electron chi connectivity index (χ2n) is 8.52. The molecular formula is C23H27ClN8OS. The van der Waals surface area contributed by atoms with Crippen LogP contribution in [0.3, 0.4) is 0 Å². The fourth-order valence-electron chi connectivity index (χ4n) is 4.66. The lowest BCUT2D eigenvalue weighted by Crippen LogP contribution is -2.39. The Hall–Kier alpha value is -2.98. The van der Waals surface area contributed by atoms with Crippen molar-refractivity contribution in [3.05, 3.63) is 52.3 Å². The molecule has 1 amide bonds. The molecule has 1 atom stereocenters. The summed E-state index contributed by atoms with van der Waals surface area (Å²) in [6.07, 6.45) is 6.72. The molecule has 4 heterocycles. The maximum absolute atomic E-state index is 13.7. The van der Waals surface area contributed by atoms with Gasteiger partial charge in [-0.25, -0.2) is 9.50 Å². The van der Waals surface area contributed by atoms with Crippen LogP contribution in [0.5, 0.6) is 0 Å². The molecule has 0 bridgehead atoms. The summed E-state index contributed by atoms with van der Waals surface area (Å²) < 4.78 is 4.99. The lowest BCUT2D eigenvalue weighted by molar-refractivity contribution is 0.0607. The molecule has 2 aliphatic heterocycles. The van der Waals surface area contributed by atoms with E-state index in [1.54, 1.807) is 16.6 Å². The highest BCUT2D eigenvalue weighted by Gasteiger charge is 2.32. The predicted molar refractivity (Wildman–Crippen MR) is 138 cm³/mol. The van der Waals surface area contributed by atoms with Crippen LogP contribution in [-0.2, 0) is 0 Å². The van der Waals surface area contributed by atoms with Crippen LogP contribution in [0.15, 0.2) is 35.5 Å². The molecule has 1 saturated heterocycles. The normalized spacial score (nSPS) is 18.4. The molecule has 1 aromatic carbocycles. The zero-order valence-electron chi connectivity index (χ0n) is 19.2. The van der Waals surface area contributed by atoms with Crippen LogP contribution in [0.1, 0.15) is 46.9 Å². The van der Waals surface area contributed by atoms with Gasteiger partial charge in [-0.15, -0.1) is 0 Å². The molecule has 9 nitrogen and oxygen atoms in total. The van der Waals surface area contributed by atoms with Gasteiger partial charge in [-0.1, -0.05) is 23.5 Å². The first-order valence-electron chi connectivity index (χ1n) is 11.3. The summed E-state index contributed by atoms with van der Waals surface area (Å²) in [5.41, 5.74) is 9.90.